The zero-order valence-electron chi connectivity index (χ0n) is 19.2. The molecular formula is C26H27ClN4O2S. The smallest absolute Gasteiger partial charge is 0.262 e. The second-order valence-corrected chi connectivity index (χ2v) is 10.2. The van der Waals surface area contributed by atoms with Crippen LogP contribution in [0.5, 0.6) is 0 Å². The van der Waals surface area contributed by atoms with Crippen LogP contribution in [-0.2, 0) is 17.6 Å². The van der Waals surface area contributed by atoms with Crippen molar-refractivity contribution in [2.24, 2.45) is 0 Å². The Morgan fingerprint density at radius 2 is 2.03 bits per heavy atom. The highest BCUT2D eigenvalue weighted by molar-refractivity contribution is 7.14. The standard InChI is InChI=1S/C26H27ClN4O2S/c1-31-12-10-18-22(11-13-31)34-24(23(18)16-6-4-3-5-7-16)26(32)30-21(15-33-2)25-28-19-9-8-17(27)14-20(19)29-25/h3-9,14,21H,10-13,15H2,1-2H3,(H,28,29)(H,30,32)/t21-/m0/s1. The van der Waals surface area contributed by atoms with Gasteiger partial charge in [-0.1, -0.05) is 41.9 Å². The van der Waals surface area contributed by atoms with E-state index in [1.807, 2.05) is 30.3 Å². The molecule has 4 aromatic rings. The Bertz CT molecular complexity index is 1320. The number of aromatic amines is 1. The van der Waals surface area contributed by atoms with Gasteiger partial charge in [0, 0.05) is 35.7 Å². The van der Waals surface area contributed by atoms with Crippen molar-refractivity contribution in [2.75, 3.05) is 33.9 Å². The van der Waals surface area contributed by atoms with Crippen LogP contribution < -0.4 is 5.32 Å². The van der Waals surface area contributed by atoms with Gasteiger partial charge < -0.3 is 19.9 Å². The minimum Gasteiger partial charge on any atom is -0.382 e. The van der Waals surface area contributed by atoms with Crippen LogP contribution in [0.15, 0.2) is 48.5 Å². The Morgan fingerprint density at radius 3 is 2.82 bits per heavy atom. The lowest BCUT2D eigenvalue weighted by Crippen LogP contribution is -2.32. The van der Waals surface area contributed by atoms with Crippen LogP contribution in [0.1, 0.15) is 32.0 Å². The second-order valence-electron chi connectivity index (χ2n) is 8.64. The summed E-state index contributed by atoms with van der Waals surface area (Å²) in [7, 11) is 3.78. The number of fused-ring (bicyclic) bond motifs is 2. The monoisotopic (exact) mass is 494 g/mol. The molecule has 1 aliphatic rings. The third-order valence-corrected chi connectivity index (χ3v) is 7.78. The molecule has 0 radical (unpaired) electrons. The molecular weight excluding hydrogens is 468 g/mol. The lowest BCUT2D eigenvalue weighted by atomic mass is 9.97. The van der Waals surface area contributed by atoms with Crippen molar-refractivity contribution in [1.29, 1.82) is 0 Å². The van der Waals surface area contributed by atoms with Gasteiger partial charge in [0.2, 0.25) is 0 Å². The molecule has 5 rings (SSSR count). The van der Waals surface area contributed by atoms with Crippen molar-refractivity contribution in [3.8, 4) is 11.1 Å². The third-order valence-electron chi connectivity index (χ3n) is 6.25. The molecule has 2 aromatic heterocycles. The Hall–Kier alpha value is -2.71. The van der Waals surface area contributed by atoms with Crippen molar-refractivity contribution in [3.05, 3.63) is 74.7 Å². The van der Waals surface area contributed by atoms with Crippen molar-refractivity contribution in [2.45, 2.75) is 18.9 Å². The summed E-state index contributed by atoms with van der Waals surface area (Å²) < 4.78 is 5.44. The van der Waals surface area contributed by atoms with E-state index < -0.39 is 6.04 Å². The fraction of sp³-hybridized carbons (Fsp3) is 0.308. The first-order chi connectivity index (χ1) is 16.5. The van der Waals surface area contributed by atoms with E-state index in [4.69, 9.17) is 16.3 Å². The number of hydrogen-bond donors (Lipinski definition) is 2. The van der Waals surface area contributed by atoms with Crippen LogP contribution in [0.4, 0.5) is 0 Å². The fourth-order valence-electron chi connectivity index (χ4n) is 4.50. The molecule has 2 aromatic carbocycles. The lowest BCUT2D eigenvalue weighted by molar-refractivity contribution is 0.0897. The summed E-state index contributed by atoms with van der Waals surface area (Å²) in [6.45, 7) is 2.28. The van der Waals surface area contributed by atoms with E-state index in [0.29, 0.717) is 17.5 Å². The molecule has 0 spiro atoms. The summed E-state index contributed by atoms with van der Waals surface area (Å²) >= 11 is 7.75. The van der Waals surface area contributed by atoms with E-state index in [0.717, 1.165) is 53.0 Å². The minimum atomic E-state index is -0.416. The average Bonchev–Trinajstić information content (AvgIpc) is 3.37. The number of nitrogens with zero attached hydrogens (tertiary/aromatic N) is 2. The van der Waals surface area contributed by atoms with E-state index in [9.17, 15) is 4.79 Å². The van der Waals surface area contributed by atoms with Gasteiger partial charge in [-0.25, -0.2) is 4.98 Å². The molecule has 0 saturated carbocycles. The number of likely N-dealkylation sites (N-methyl/N-ethyl adjacent to an activating group) is 1. The highest BCUT2D eigenvalue weighted by Gasteiger charge is 2.28. The molecule has 0 unspecified atom stereocenters. The first-order valence-corrected chi connectivity index (χ1v) is 12.6. The van der Waals surface area contributed by atoms with Gasteiger partial charge in [0.1, 0.15) is 16.7 Å². The summed E-state index contributed by atoms with van der Waals surface area (Å²) in [6, 6.07) is 15.3. The first-order valence-electron chi connectivity index (χ1n) is 11.4. The van der Waals surface area contributed by atoms with Gasteiger partial charge in [-0.3, -0.25) is 4.79 Å². The number of thiophene rings is 1. The van der Waals surface area contributed by atoms with Gasteiger partial charge in [0.25, 0.3) is 5.91 Å². The van der Waals surface area contributed by atoms with E-state index >= 15 is 0 Å². The van der Waals surface area contributed by atoms with Gasteiger partial charge in [-0.2, -0.15) is 0 Å². The Labute approximate surface area is 207 Å². The summed E-state index contributed by atoms with van der Waals surface area (Å²) in [5, 5.41) is 3.81. The number of nitrogens with one attached hydrogen (secondary N) is 2. The molecule has 3 heterocycles. The van der Waals surface area contributed by atoms with Crippen LogP contribution in [0.25, 0.3) is 22.2 Å². The minimum absolute atomic E-state index is 0.106. The van der Waals surface area contributed by atoms with Crippen molar-refractivity contribution < 1.29 is 9.53 Å². The summed E-state index contributed by atoms with van der Waals surface area (Å²) in [4.78, 5) is 26.1. The van der Waals surface area contributed by atoms with Gasteiger partial charge in [0.05, 0.1) is 17.6 Å². The van der Waals surface area contributed by atoms with Crippen LogP contribution in [-0.4, -0.2) is 54.6 Å². The predicted molar refractivity (Wildman–Crippen MR) is 138 cm³/mol. The van der Waals surface area contributed by atoms with Gasteiger partial charge in [-0.05, 0) is 49.2 Å². The van der Waals surface area contributed by atoms with E-state index in [-0.39, 0.29) is 5.91 Å². The molecule has 0 saturated heterocycles. The van der Waals surface area contributed by atoms with Crippen LogP contribution in [0, 0.1) is 0 Å². The molecule has 0 bridgehead atoms. The summed E-state index contributed by atoms with van der Waals surface area (Å²) in [5.41, 5.74) is 5.06. The number of hydrogen-bond acceptors (Lipinski definition) is 5. The number of halogens is 1. The van der Waals surface area contributed by atoms with Gasteiger partial charge >= 0.3 is 0 Å². The molecule has 1 aliphatic heterocycles. The highest BCUT2D eigenvalue weighted by atomic mass is 35.5. The topological polar surface area (TPSA) is 70.2 Å². The molecule has 6 nitrogen and oxygen atoms in total. The molecule has 1 amide bonds. The molecule has 1 atom stereocenters. The largest absolute Gasteiger partial charge is 0.382 e. The molecule has 0 aliphatic carbocycles. The van der Waals surface area contributed by atoms with Gasteiger partial charge in [0.15, 0.2) is 0 Å². The number of methoxy groups -OCH3 is 1. The molecule has 8 heteroatoms. The number of benzene rings is 2. The summed E-state index contributed by atoms with van der Waals surface area (Å²) in [5.74, 6) is 0.541. The van der Waals surface area contributed by atoms with E-state index in [1.165, 1.54) is 10.4 Å². The number of carbonyl (C=O) groups is 1. The van der Waals surface area contributed by atoms with E-state index in [2.05, 4.69) is 39.4 Å². The Kier molecular flexibility index (Phi) is 6.70. The van der Waals surface area contributed by atoms with Crippen LogP contribution >= 0.6 is 22.9 Å². The maximum atomic E-state index is 13.7. The van der Waals surface area contributed by atoms with Crippen molar-refractivity contribution in [1.82, 2.24) is 20.2 Å². The molecule has 0 fully saturated rings. The number of amides is 1. The molecule has 34 heavy (non-hydrogen) atoms. The zero-order valence-corrected chi connectivity index (χ0v) is 20.8. The molecule has 176 valence electrons. The average molecular weight is 495 g/mol. The quantitative estimate of drug-likeness (QED) is 0.391. The number of aromatic nitrogens is 2. The lowest BCUT2D eigenvalue weighted by Gasteiger charge is -2.17. The number of H-pyrrole nitrogens is 1. The maximum absolute atomic E-state index is 13.7. The Balaban J connectivity index is 1.51. The first kappa shape index (κ1) is 23.1. The summed E-state index contributed by atoms with van der Waals surface area (Å²) in [6.07, 6.45) is 1.89. The number of ether oxygens (including phenoxy) is 1. The fourth-order valence-corrected chi connectivity index (χ4v) is 5.94. The van der Waals surface area contributed by atoms with Crippen LogP contribution in [0.3, 0.4) is 0 Å². The number of carbonyl (C=O) groups excluding carboxylic acids is 1. The highest BCUT2D eigenvalue weighted by Crippen LogP contribution is 2.39. The Morgan fingerprint density at radius 1 is 1.24 bits per heavy atom. The van der Waals surface area contributed by atoms with Crippen molar-refractivity contribution in [3.63, 3.8) is 0 Å². The maximum Gasteiger partial charge on any atom is 0.262 e. The van der Waals surface area contributed by atoms with E-state index in [1.54, 1.807) is 24.5 Å². The number of imidazole rings is 1. The third kappa shape index (κ3) is 4.61. The van der Waals surface area contributed by atoms with Gasteiger partial charge in [-0.15, -0.1) is 11.3 Å². The zero-order chi connectivity index (χ0) is 23.7. The predicted octanol–water partition coefficient (Wildman–Crippen LogP) is 5.09. The van der Waals surface area contributed by atoms with Crippen molar-refractivity contribution >= 4 is 39.9 Å². The SMILES string of the molecule is COC[C@H](NC(=O)c1sc2c(c1-c1ccccc1)CCN(C)CC2)c1nc2ccc(Cl)cc2[nH]1. The number of rotatable bonds is 6. The normalized spacial score (nSPS) is 15.1. The van der Waals surface area contributed by atoms with Crippen LogP contribution in [0.2, 0.25) is 5.02 Å². The second kappa shape index (κ2) is 9.88. The molecule has 2 N–H and O–H groups in total.